The number of benzene rings is 1. The monoisotopic (exact) mass is 476 g/mol. The predicted molar refractivity (Wildman–Crippen MR) is 132 cm³/mol. The molecule has 3 N–H and O–H groups in total. The molecule has 3 fully saturated rings. The predicted octanol–water partition coefficient (Wildman–Crippen LogP) is 2.60. The molecule has 1 aromatic heterocycles. The van der Waals surface area contributed by atoms with Gasteiger partial charge >= 0.3 is 0 Å². The van der Waals surface area contributed by atoms with Crippen LogP contribution in [0.3, 0.4) is 0 Å². The minimum absolute atomic E-state index is 0.0173. The van der Waals surface area contributed by atoms with Gasteiger partial charge in [0.1, 0.15) is 17.5 Å². The van der Waals surface area contributed by atoms with Gasteiger partial charge in [0.25, 0.3) is 5.91 Å². The number of carbonyl (C=O) groups is 3. The Kier molecular flexibility index (Phi) is 6.18. The van der Waals surface area contributed by atoms with Crippen LogP contribution in [-0.4, -0.2) is 59.9 Å². The van der Waals surface area contributed by atoms with Crippen LogP contribution in [0.5, 0.6) is 5.75 Å². The zero-order valence-electron chi connectivity index (χ0n) is 20.1. The largest absolute Gasteiger partial charge is 0.496 e. The minimum atomic E-state index is -0.595. The first kappa shape index (κ1) is 23.3. The second-order valence-electron chi connectivity index (χ2n) is 10.2. The maximum absolute atomic E-state index is 13.7. The van der Waals surface area contributed by atoms with Gasteiger partial charge in [-0.25, -0.2) is 0 Å². The van der Waals surface area contributed by atoms with Crippen molar-refractivity contribution in [2.45, 2.75) is 57.0 Å². The van der Waals surface area contributed by atoms with Crippen molar-refractivity contribution in [3.05, 3.63) is 30.0 Å². The third kappa shape index (κ3) is 4.36. The Labute approximate surface area is 205 Å². The third-order valence-corrected chi connectivity index (χ3v) is 8.01. The van der Waals surface area contributed by atoms with E-state index in [0.717, 1.165) is 36.6 Å². The van der Waals surface area contributed by atoms with Gasteiger partial charge in [0.2, 0.25) is 11.8 Å². The molecule has 3 heterocycles. The Morgan fingerprint density at radius 2 is 2.14 bits per heavy atom. The summed E-state index contributed by atoms with van der Waals surface area (Å²) in [5.74, 6) is 2.68. The molecule has 184 valence electrons. The number of hydrogen-bond acceptors (Lipinski definition) is 4. The summed E-state index contributed by atoms with van der Waals surface area (Å²) in [5.41, 5.74) is 1.22. The molecular formula is C27H32N4O4. The van der Waals surface area contributed by atoms with Gasteiger partial charge < -0.3 is 25.3 Å². The first-order valence-electron chi connectivity index (χ1n) is 12.4. The van der Waals surface area contributed by atoms with Gasteiger partial charge in [-0.15, -0.1) is 6.42 Å². The first-order chi connectivity index (χ1) is 16.9. The fraction of sp³-hybridized carbons (Fsp3) is 0.519. The number of hydrogen-bond donors (Lipinski definition) is 3. The minimum Gasteiger partial charge on any atom is -0.496 e. The SMILES string of the molecule is C#C[C@H](C[C@@H]1CCNC1=O)NC(=O)[C@@H]1CC2(CCCC2)CN1C(=O)c1cc2c(OC)cccc2[nH]1. The standard InChI is InChI=1S/C27H32N4O4/c1-3-18(13-17-9-12-28-24(17)32)29-25(33)22-15-27(10-4-5-11-27)16-31(22)26(34)21-14-19-20(30-21)7-6-8-23(19)35-2/h1,6-8,14,17-18,22,30H,4-5,9-13,15-16H2,2H3,(H,28,32)(H,29,33)/t17-,18+,22-/m0/s1. The lowest BCUT2D eigenvalue weighted by atomic mass is 9.84. The van der Waals surface area contributed by atoms with E-state index in [1.165, 1.54) is 0 Å². The molecule has 0 radical (unpaired) electrons. The number of fused-ring (bicyclic) bond motifs is 1. The Bertz CT molecular complexity index is 1190. The normalized spacial score (nSPS) is 23.9. The Morgan fingerprint density at radius 3 is 2.83 bits per heavy atom. The van der Waals surface area contributed by atoms with Crippen molar-refractivity contribution in [3.63, 3.8) is 0 Å². The number of terminal acetylenes is 1. The molecule has 35 heavy (non-hydrogen) atoms. The highest BCUT2D eigenvalue weighted by molar-refractivity contribution is 6.02. The van der Waals surface area contributed by atoms with Crippen LogP contribution in [-0.2, 0) is 9.59 Å². The lowest BCUT2D eigenvalue weighted by molar-refractivity contribution is -0.126. The first-order valence-corrected chi connectivity index (χ1v) is 12.4. The summed E-state index contributed by atoms with van der Waals surface area (Å²) < 4.78 is 5.44. The van der Waals surface area contributed by atoms with Gasteiger partial charge in [-0.05, 0) is 55.7 Å². The number of likely N-dealkylation sites (tertiary alicyclic amines) is 1. The van der Waals surface area contributed by atoms with Crippen LogP contribution in [0.25, 0.3) is 10.9 Å². The maximum Gasteiger partial charge on any atom is 0.271 e. The molecular weight excluding hydrogens is 444 g/mol. The Hall–Kier alpha value is -3.47. The average molecular weight is 477 g/mol. The van der Waals surface area contributed by atoms with Crippen molar-refractivity contribution in [2.75, 3.05) is 20.2 Å². The van der Waals surface area contributed by atoms with Crippen molar-refractivity contribution in [2.24, 2.45) is 11.3 Å². The van der Waals surface area contributed by atoms with Crippen LogP contribution >= 0.6 is 0 Å². The molecule has 1 aliphatic carbocycles. The van der Waals surface area contributed by atoms with Crippen molar-refractivity contribution in [1.82, 2.24) is 20.5 Å². The number of ether oxygens (including phenoxy) is 1. The van der Waals surface area contributed by atoms with E-state index in [-0.39, 0.29) is 29.1 Å². The molecule has 1 saturated carbocycles. The van der Waals surface area contributed by atoms with Crippen LogP contribution in [0.4, 0.5) is 0 Å². The van der Waals surface area contributed by atoms with Gasteiger partial charge in [0.15, 0.2) is 0 Å². The number of amides is 3. The Morgan fingerprint density at radius 1 is 1.34 bits per heavy atom. The van der Waals surface area contributed by atoms with Crippen LogP contribution in [0, 0.1) is 23.7 Å². The van der Waals surface area contributed by atoms with Gasteiger partial charge in [0, 0.05) is 29.9 Å². The topological polar surface area (TPSA) is 104 Å². The molecule has 2 aliphatic heterocycles. The van der Waals surface area contributed by atoms with Gasteiger partial charge in [-0.1, -0.05) is 24.8 Å². The summed E-state index contributed by atoms with van der Waals surface area (Å²) in [6.45, 7) is 1.19. The number of aromatic nitrogens is 1. The summed E-state index contributed by atoms with van der Waals surface area (Å²) in [5, 5.41) is 6.61. The van der Waals surface area contributed by atoms with Gasteiger partial charge in [-0.2, -0.15) is 0 Å². The van der Waals surface area contributed by atoms with Crippen LogP contribution < -0.4 is 15.4 Å². The van der Waals surface area contributed by atoms with Crippen LogP contribution in [0.2, 0.25) is 0 Å². The van der Waals surface area contributed by atoms with Crippen molar-refractivity contribution >= 4 is 28.6 Å². The van der Waals surface area contributed by atoms with E-state index in [2.05, 4.69) is 21.5 Å². The fourth-order valence-electron chi connectivity index (χ4n) is 6.16. The second-order valence-corrected chi connectivity index (χ2v) is 10.2. The number of carbonyl (C=O) groups excluding carboxylic acids is 3. The van der Waals surface area contributed by atoms with Crippen molar-refractivity contribution in [3.8, 4) is 18.1 Å². The Balaban J connectivity index is 1.38. The zero-order valence-corrected chi connectivity index (χ0v) is 20.1. The van der Waals surface area contributed by atoms with Crippen molar-refractivity contribution in [1.29, 1.82) is 0 Å². The molecule has 1 aromatic carbocycles. The highest BCUT2D eigenvalue weighted by atomic mass is 16.5. The molecule has 8 heteroatoms. The van der Waals surface area contributed by atoms with E-state index < -0.39 is 12.1 Å². The van der Waals surface area contributed by atoms with E-state index in [0.29, 0.717) is 43.8 Å². The van der Waals surface area contributed by atoms with E-state index >= 15 is 0 Å². The maximum atomic E-state index is 13.7. The second kappa shape index (κ2) is 9.29. The summed E-state index contributed by atoms with van der Waals surface area (Å²) in [4.78, 5) is 44.2. The molecule has 8 nitrogen and oxygen atoms in total. The quantitative estimate of drug-likeness (QED) is 0.558. The van der Waals surface area contributed by atoms with E-state index in [9.17, 15) is 14.4 Å². The van der Waals surface area contributed by atoms with E-state index in [4.69, 9.17) is 11.2 Å². The van der Waals surface area contributed by atoms with Crippen LogP contribution in [0.1, 0.15) is 55.4 Å². The number of nitrogens with one attached hydrogen (secondary N) is 3. The van der Waals surface area contributed by atoms with Crippen LogP contribution in [0.15, 0.2) is 24.3 Å². The number of aromatic amines is 1. The number of nitrogens with zero attached hydrogens (tertiary/aromatic N) is 1. The summed E-state index contributed by atoms with van der Waals surface area (Å²) in [6.07, 6.45) is 11.7. The molecule has 2 saturated heterocycles. The van der Waals surface area contributed by atoms with Gasteiger partial charge in [0.05, 0.1) is 13.2 Å². The zero-order chi connectivity index (χ0) is 24.6. The molecule has 3 aliphatic rings. The van der Waals surface area contributed by atoms with E-state index in [1.807, 2.05) is 18.2 Å². The average Bonchev–Trinajstić information content (AvgIpc) is 3.65. The van der Waals surface area contributed by atoms with Gasteiger partial charge in [-0.3, -0.25) is 14.4 Å². The lowest BCUT2D eigenvalue weighted by Crippen LogP contribution is -2.49. The lowest BCUT2D eigenvalue weighted by Gasteiger charge is -2.25. The third-order valence-electron chi connectivity index (χ3n) is 8.01. The van der Waals surface area contributed by atoms with E-state index in [1.54, 1.807) is 18.1 Å². The summed E-state index contributed by atoms with van der Waals surface area (Å²) >= 11 is 0. The molecule has 3 amide bonds. The number of rotatable bonds is 6. The number of H-pyrrole nitrogens is 1. The molecule has 5 rings (SSSR count). The smallest absolute Gasteiger partial charge is 0.271 e. The molecule has 0 bridgehead atoms. The highest BCUT2D eigenvalue weighted by Crippen LogP contribution is 2.48. The van der Waals surface area contributed by atoms with Crippen molar-refractivity contribution < 1.29 is 19.1 Å². The fourth-order valence-corrected chi connectivity index (χ4v) is 6.16. The summed E-state index contributed by atoms with van der Waals surface area (Å²) in [7, 11) is 1.60. The molecule has 1 spiro atoms. The highest BCUT2D eigenvalue weighted by Gasteiger charge is 2.50. The molecule has 3 atom stereocenters. The summed E-state index contributed by atoms with van der Waals surface area (Å²) in [6, 6.07) is 6.28. The molecule has 0 unspecified atom stereocenters. The molecule has 2 aromatic rings. The number of methoxy groups -OCH3 is 1.